The fourth-order valence-electron chi connectivity index (χ4n) is 1.70. The van der Waals surface area contributed by atoms with E-state index in [2.05, 4.69) is 10.2 Å². The Hall–Kier alpha value is -2.37. The van der Waals surface area contributed by atoms with E-state index in [4.69, 9.17) is 9.52 Å². The third-order valence-electron chi connectivity index (χ3n) is 2.58. The van der Waals surface area contributed by atoms with Crippen LogP contribution < -0.4 is 4.90 Å². The van der Waals surface area contributed by atoms with E-state index < -0.39 is 5.97 Å². The van der Waals surface area contributed by atoms with Gasteiger partial charge in [0.05, 0.1) is 6.54 Å². The lowest BCUT2D eigenvalue weighted by atomic mass is 10.3. The van der Waals surface area contributed by atoms with Gasteiger partial charge in [-0.05, 0) is 12.1 Å². The molecule has 1 aromatic carbocycles. The zero-order valence-electron chi connectivity index (χ0n) is 10.6. The molecule has 2 rings (SSSR count). The van der Waals surface area contributed by atoms with Crippen molar-refractivity contribution in [2.75, 3.05) is 11.4 Å². The number of carboxylic acid groups (broad SMARTS) is 1. The third-order valence-corrected chi connectivity index (χ3v) is 2.58. The fourth-order valence-corrected chi connectivity index (χ4v) is 1.70. The van der Waals surface area contributed by atoms with Crippen molar-refractivity contribution in [1.82, 2.24) is 10.2 Å². The van der Waals surface area contributed by atoms with Crippen molar-refractivity contribution in [3.63, 3.8) is 0 Å². The number of aryl methyl sites for hydroxylation is 1. The molecular formula is C13H15N3O3. The number of hydrogen-bond acceptors (Lipinski definition) is 5. The molecule has 0 atom stereocenters. The first-order valence-electron chi connectivity index (χ1n) is 6.02. The Morgan fingerprint density at radius 2 is 1.95 bits per heavy atom. The lowest BCUT2D eigenvalue weighted by molar-refractivity contribution is -0.135. The van der Waals surface area contributed by atoms with Crippen LogP contribution in [0.5, 0.6) is 0 Å². The van der Waals surface area contributed by atoms with Gasteiger partial charge in [0.2, 0.25) is 11.8 Å². The van der Waals surface area contributed by atoms with Crippen LogP contribution in [0.25, 0.3) is 0 Å². The van der Waals surface area contributed by atoms with Crippen molar-refractivity contribution in [2.45, 2.75) is 19.9 Å². The van der Waals surface area contributed by atoms with Gasteiger partial charge in [-0.15, -0.1) is 10.2 Å². The van der Waals surface area contributed by atoms with Gasteiger partial charge < -0.3 is 14.4 Å². The molecule has 0 amide bonds. The molecule has 1 aromatic heterocycles. The minimum Gasteiger partial charge on any atom is -0.480 e. The molecule has 19 heavy (non-hydrogen) atoms. The van der Waals surface area contributed by atoms with Crippen molar-refractivity contribution in [3.8, 4) is 0 Å². The van der Waals surface area contributed by atoms with E-state index in [1.807, 2.05) is 37.3 Å². The second-order valence-corrected chi connectivity index (χ2v) is 4.03. The predicted octanol–water partition coefficient (Wildman–Crippen LogP) is 1.72. The number of nitrogens with zero attached hydrogens (tertiary/aromatic N) is 3. The first-order valence-corrected chi connectivity index (χ1v) is 6.02. The molecule has 0 radical (unpaired) electrons. The van der Waals surface area contributed by atoms with Gasteiger partial charge in [-0.3, -0.25) is 4.79 Å². The van der Waals surface area contributed by atoms with Crippen LogP contribution in [-0.4, -0.2) is 27.8 Å². The minimum absolute atomic E-state index is 0.117. The summed E-state index contributed by atoms with van der Waals surface area (Å²) in [6, 6.07) is 9.29. The highest BCUT2D eigenvalue weighted by atomic mass is 16.4. The number of carboxylic acids is 1. The van der Waals surface area contributed by atoms with Gasteiger partial charge in [0.1, 0.15) is 6.54 Å². The maximum Gasteiger partial charge on any atom is 0.323 e. The molecule has 6 nitrogen and oxygen atoms in total. The number of aromatic nitrogens is 2. The standard InChI is InChI=1S/C13H15N3O3/c1-2-11-14-15-12(19-11)8-16(9-13(17)18)10-6-4-3-5-7-10/h3-7H,2,8-9H2,1H3,(H,17,18). The Morgan fingerprint density at radius 1 is 1.26 bits per heavy atom. The van der Waals surface area contributed by atoms with Crippen molar-refractivity contribution < 1.29 is 14.3 Å². The third kappa shape index (κ3) is 3.54. The summed E-state index contributed by atoms with van der Waals surface area (Å²) in [5.41, 5.74) is 0.807. The highest BCUT2D eigenvalue weighted by Crippen LogP contribution is 2.16. The summed E-state index contributed by atoms with van der Waals surface area (Å²) in [7, 11) is 0. The number of rotatable bonds is 6. The maximum absolute atomic E-state index is 10.9. The first-order chi connectivity index (χ1) is 9.19. The van der Waals surface area contributed by atoms with Crippen LogP contribution in [-0.2, 0) is 17.8 Å². The number of hydrogen-bond donors (Lipinski definition) is 1. The second-order valence-electron chi connectivity index (χ2n) is 4.03. The van der Waals surface area contributed by atoms with Crippen LogP contribution >= 0.6 is 0 Å². The number of para-hydroxylation sites is 1. The molecule has 6 heteroatoms. The van der Waals surface area contributed by atoms with Gasteiger partial charge in [-0.25, -0.2) is 0 Å². The van der Waals surface area contributed by atoms with Crippen LogP contribution in [0, 0.1) is 0 Å². The maximum atomic E-state index is 10.9. The largest absolute Gasteiger partial charge is 0.480 e. The van der Waals surface area contributed by atoms with E-state index in [-0.39, 0.29) is 13.1 Å². The summed E-state index contributed by atoms with van der Waals surface area (Å²) < 4.78 is 5.41. The lowest BCUT2D eigenvalue weighted by Gasteiger charge is -2.20. The average molecular weight is 261 g/mol. The fraction of sp³-hybridized carbons (Fsp3) is 0.308. The summed E-state index contributed by atoms with van der Waals surface area (Å²) >= 11 is 0. The minimum atomic E-state index is -0.904. The molecule has 0 saturated heterocycles. The molecule has 0 unspecified atom stereocenters. The molecule has 0 aliphatic carbocycles. The molecule has 0 saturated carbocycles. The van der Waals surface area contributed by atoms with E-state index >= 15 is 0 Å². The molecule has 1 heterocycles. The van der Waals surface area contributed by atoms with Crippen molar-refractivity contribution in [2.24, 2.45) is 0 Å². The summed E-state index contributed by atoms with van der Waals surface area (Å²) in [6.07, 6.45) is 0.664. The van der Waals surface area contributed by atoms with Crippen LogP contribution in [0.3, 0.4) is 0 Å². The van der Waals surface area contributed by atoms with E-state index in [0.717, 1.165) is 5.69 Å². The number of anilines is 1. The summed E-state index contributed by atoms with van der Waals surface area (Å²) in [5, 5.41) is 16.7. The van der Waals surface area contributed by atoms with Crippen molar-refractivity contribution >= 4 is 11.7 Å². The number of benzene rings is 1. The Labute approximate surface area is 110 Å². The van der Waals surface area contributed by atoms with E-state index in [1.54, 1.807) is 4.90 Å². The van der Waals surface area contributed by atoms with Gasteiger partial charge >= 0.3 is 5.97 Å². The highest BCUT2D eigenvalue weighted by molar-refractivity contribution is 5.73. The first kappa shape index (κ1) is 13.1. The van der Waals surface area contributed by atoms with E-state index in [9.17, 15) is 4.79 Å². The van der Waals surface area contributed by atoms with Crippen molar-refractivity contribution in [3.05, 3.63) is 42.1 Å². The molecule has 0 bridgehead atoms. The van der Waals surface area contributed by atoms with Gasteiger partial charge in [0.25, 0.3) is 0 Å². The Morgan fingerprint density at radius 3 is 2.53 bits per heavy atom. The van der Waals surface area contributed by atoms with E-state index in [1.165, 1.54) is 0 Å². The Bertz CT molecular complexity index is 539. The Kier molecular flexibility index (Phi) is 4.12. The van der Waals surface area contributed by atoms with Gasteiger partial charge in [0.15, 0.2) is 0 Å². The van der Waals surface area contributed by atoms with Crippen LogP contribution in [0.1, 0.15) is 18.7 Å². The smallest absolute Gasteiger partial charge is 0.323 e. The summed E-state index contributed by atoms with van der Waals surface area (Å²) in [6.45, 7) is 2.08. The molecule has 0 fully saturated rings. The molecule has 0 spiro atoms. The number of carbonyl (C=O) groups is 1. The van der Waals surface area contributed by atoms with E-state index in [0.29, 0.717) is 18.2 Å². The van der Waals surface area contributed by atoms with Gasteiger partial charge in [-0.2, -0.15) is 0 Å². The summed E-state index contributed by atoms with van der Waals surface area (Å²) in [4.78, 5) is 12.6. The lowest BCUT2D eigenvalue weighted by Crippen LogP contribution is -2.29. The number of aliphatic carboxylic acids is 1. The molecule has 100 valence electrons. The predicted molar refractivity (Wildman–Crippen MR) is 68.8 cm³/mol. The SMILES string of the molecule is CCc1nnc(CN(CC(=O)O)c2ccccc2)o1. The van der Waals surface area contributed by atoms with Gasteiger partial charge in [-0.1, -0.05) is 25.1 Å². The average Bonchev–Trinajstić information content (AvgIpc) is 2.86. The normalized spacial score (nSPS) is 10.4. The topological polar surface area (TPSA) is 79.5 Å². The quantitative estimate of drug-likeness (QED) is 0.853. The second kappa shape index (κ2) is 5.99. The highest BCUT2D eigenvalue weighted by Gasteiger charge is 2.14. The molecule has 0 aliphatic heterocycles. The molecule has 0 aliphatic rings. The monoisotopic (exact) mass is 261 g/mol. The zero-order valence-corrected chi connectivity index (χ0v) is 10.6. The van der Waals surface area contributed by atoms with Gasteiger partial charge in [0, 0.05) is 12.1 Å². The van der Waals surface area contributed by atoms with Crippen molar-refractivity contribution in [1.29, 1.82) is 0 Å². The van der Waals surface area contributed by atoms with Crippen LogP contribution in [0.2, 0.25) is 0 Å². The summed E-state index contributed by atoms with van der Waals surface area (Å²) in [5.74, 6) is 0.0689. The molecular weight excluding hydrogens is 246 g/mol. The van der Waals surface area contributed by atoms with Crippen LogP contribution in [0.15, 0.2) is 34.7 Å². The molecule has 1 N–H and O–H groups in total. The molecule has 2 aromatic rings. The Balaban J connectivity index is 2.16. The zero-order chi connectivity index (χ0) is 13.7. The van der Waals surface area contributed by atoms with Crippen LogP contribution in [0.4, 0.5) is 5.69 Å².